The zero-order valence-electron chi connectivity index (χ0n) is 11.3. The molecule has 3 rings (SSSR count). The summed E-state index contributed by atoms with van der Waals surface area (Å²) >= 11 is 3.44. The molecule has 0 aliphatic heterocycles. The predicted molar refractivity (Wildman–Crippen MR) is 86.8 cm³/mol. The third-order valence-corrected chi connectivity index (χ3v) is 3.98. The zero-order chi connectivity index (χ0) is 14.1. The molecule has 0 aliphatic carbocycles. The molecule has 0 fully saturated rings. The van der Waals surface area contributed by atoms with Gasteiger partial charge in [-0.3, -0.25) is 0 Å². The predicted octanol–water partition coefficient (Wildman–Crippen LogP) is 3.99. The van der Waals surface area contributed by atoms with Crippen LogP contribution >= 0.6 is 15.9 Å². The van der Waals surface area contributed by atoms with Gasteiger partial charge >= 0.3 is 0 Å². The number of nitrogens with zero attached hydrogens (tertiary/aromatic N) is 2. The molecule has 0 unspecified atom stereocenters. The summed E-state index contributed by atoms with van der Waals surface area (Å²) < 4.78 is 3.25. The molecule has 1 heterocycles. The fourth-order valence-corrected chi connectivity index (χ4v) is 2.83. The zero-order valence-corrected chi connectivity index (χ0v) is 12.9. The van der Waals surface area contributed by atoms with Gasteiger partial charge in [-0.25, -0.2) is 4.98 Å². The first kappa shape index (κ1) is 13.2. The van der Waals surface area contributed by atoms with Gasteiger partial charge in [-0.05, 0) is 29.8 Å². The minimum Gasteiger partial charge on any atom is -0.398 e. The first-order valence-electron chi connectivity index (χ1n) is 6.67. The summed E-state index contributed by atoms with van der Waals surface area (Å²) in [5, 5.41) is 0. The van der Waals surface area contributed by atoms with Gasteiger partial charge in [0.05, 0.1) is 17.6 Å². The maximum atomic E-state index is 6.11. The number of para-hydroxylation sites is 2. The van der Waals surface area contributed by atoms with Crippen LogP contribution in [-0.4, -0.2) is 9.55 Å². The van der Waals surface area contributed by atoms with Crippen molar-refractivity contribution >= 4 is 32.7 Å². The maximum absolute atomic E-state index is 6.11. The van der Waals surface area contributed by atoms with Crippen LogP contribution in [0, 0.1) is 0 Å². The largest absolute Gasteiger partial charge is 0.398 e. The monoisotopic (exact) mass is 329 g/mol. The van der Waals surface area contributed by atoms with Crippen molar-refractivity contribution in [3.8, 4) is 0 Å². The summed E-state index contributed by atoms with van der Waals surface area (Å²) in [4.78, 5) is 4.69. The lowest BCUT2D eigenvalue weighted by Crippen LogP contribution is -2.06. The fourth-order valence-electron chi connectivity index (χ4n) is 2.45. The van der Waals surface area contributed by atoms with Crippen molar-refractivity contribution in [3.05, 3.63) is 58.3 Å². The van der Waals surface area contributed by atoms with Crippen LogP contribution in [0.1, 0.15) is 18.3 Å². The summed E-state index contributed by atoms with van der Waals surface area (Å²) in [6.07, 6.45) is 0.908. The quantitative estimate of drug-likeness (QED) is 0.738. The van der Waals surface area contributed by atoms with E-state index in [0.29, 0.717) is 0 Å². The highest BCUT2D eigenvalue weighted by Gasteiger charge is 2.10. The SMILES string of the molecule is CCc1nc2ccccc2n1Cc1ccc(Br)cc1N. The lowest BCUT2D eigenvalue weighted by molar-refractivity contribution is 0.754. The van der Waals surface area contributed by atoms with Gasteiger partial charge in [0, 0.05) is 16.6 Å². The van der Waals surface area contributed by atoms with E-state index < -0.39 is 0 Å². The molecule has 0 radical (unpaired) electrons. The summed E-state index contributed by atoms with van der Waals surface area (Å²) in [5.74, 6) is 1.09. The van der Waals surface area contributed by atoms with E-state index in [2.05, 4.69) is 50.6 Å². The van der Waals surface area contributed by atoms with Crippen molar-refractivity contribution in [1.29, 1.82) is 0 Å². The summed E-state index contributed by atoms with van der Waals surface area (Å²) in [6, 6.07) is 14.3. The molecule has 3 aromatic rings. The van der Waals surface area contributed by atoms with Crippen molar-refractivity contribution in [2.24, 2.45) is 0 Å². The van der Waals surface area contributed by atoms with Crippen LogP contribution in [-0.2, 0) is 13.0 Å². The maximum Gasteiger partial charge on any atom is 0.109 e. The van der Waals surface area contributed by atoms with Gasteiger partial charge in [0.2, 0.25) is 0 Å². The highest BCUT2D eigenvalue weighted by molar-refractivity contribution is 9.10. The van der Waals surface area contributed by atoms with Crippen LogP contribution in [0.3, 0.4) is 0 Å². The minimum atomic E-state index is 0.753. The molecule has 0 spiro atoms. The number of aryl methyl sites for hydroxylation is 1. The number of hydrogen-bond donors (Lipinski definition) is 1. The Hall–Kier alpha value is -1.81. The highest BCUT2D eigenvalue weighted by atomic mass is 79.9. The average molecular weight is 330 g/mol. The Labute approximate surface area is 126 Å². The molecule has 20 heavy (non-hydrogen) atoms. The second-order valence-corrected chi connectivity index (χ2v) is 5.72. The third kappa shape index (κ3) is 2.31. The van der Waals surface area contributed by atoms with Crippen molar-refractivity contribution in [2.45, 2.75) is 19.9 Å². The average Bonchev–Trinajstić information content (AvgIpc) is 2.80. The van der Waals surface area contributed by atoms with Crippen LogP contribution in [0.15, 0.2) is 46.9 Å². The van der Waals surface area contributed by atoms with Crippen LogP contribution in [0.2, 0.25) is 0 Å². The van der Waals surface area contributed by atoms with Crippen LogP contribution in [0.4, 0.5) is 5.69 Å². The molecule has 102 valence electrons. The van der Waals surface area contributed by atoms with E-state index in [9.17, 15) is 0 Å². The number of halogens is 1. The second-order valence-electron chi connectivity index (χ2n) is 4.80. The van der Waals surface area contributed by atoms with E-state index in [1.165, 1.54) is 0 Å². The summed E-state index contributed by atoms with van der Waals surface area (Å²) in [6.45, 7) is 2.88. The first-order chi connectivity index (χ1) is 9.69. The van der Waals surface area contributed by atoms with Crippen molar-refractivity contribution in [1.82, 2.24) is 9.55 Å². The Bertz CT molecular complexity index is 762. The Morgan fingerprint density at radius 3 is 2.75 bits per heavy atom. The number of benzene rings is 2. The molecule has 4 heteroatoms. The number of imidazole rings is 1. The molecule has 0 saturated carbocycles. The number of fused-ring (bicyclic) bond motifs is 1. The van der Waals surface area contributed by atoms with Gasteiger partial charge in [-0.1, -0.05) is 41.1 Å². The van der Waals surface area contributed by atoms with E-state index in [1.807, 2.05) is 24.3 Å². The lowest BCUT2D eigenvalue weighted by Gasteiger charge is -2.11. The molecule has 0 saturated heterocycles. The molecule has 0 amide bonds. The Morgan fingerprint density at radius 2 is 2.00 bits per heavy atom. The molecule has 3 nitrogen and oxygen atoms in total. The fraction of sp³-hybridized carbons (Fsp3) is 0.188. The molecule has 0 atom stereocenters. The Kier molecular flexibility index (Phi) is 3.49. The van der Waals surface area contributed by atoms with Crippen LogP contribution < -0.4 is 5.73 Å². The Morgan fingerprint density at radius 1 is 1.20 bits per heavy atom. The highest BCUT2D eigenvalue weighted by Crippen LogP contribution is 2.23. The van der Waals surface area contributed by atoms with Crippen molar-refractivity contribution < 1.29 is 0 Å². The Balaban J connectivity index is 2.09. The number of aromatic nitrogens is 2. The summed E-state index contributed by atoms with van der Waals surface area (Å²) in [7, 11) is 0. The number of rotatable bonds is 3. The van der Waals surface area contributed by atoms with Gasteiger partial charge in [0.25, 0.3) is 0 Å². The standard InChI is InChI=1S/C16H16BrN3/c1-2-16-19-14-5-3-4-6-15(14)20(16)10-11-7-8-12(17)9-13(11)18/h3-9H,2,10,18H2,1H3. The van der Waals surface area contributed by atoms with E-state index in [1.54, 1.807) is 0 Å². The van der Waals surface area contributed by atoms with Crippen LogP contribution in [0.5, 0.6) is 0 Å². The van der Waals surface area contributed by atoms with Crippen molar-refractivity contribution in [2.75, 3.05) is 5.73 Å². The molecular weight excluding hydrogens is 314 g/mol. The van der Waals surface area contributed by atoms with Gasteiger partial charge in [0.15, 0.2) is 0 Å². The topological polar surface area (TPSA) is 43.8 Å². The van der Waals surface area contributed by atoms with E-state index in [0.717, 1.165) is 45.5 Å². The number of nitrogens with two attached hydrogens (primary N) is 1. The van der Waals surface area contributed by atoms with Gasteiger partial charge in [-0.2, -0.15) is 0 Å². The lowest BCUT2D eigenvalue weighted by atomic mass is 10.2. The van der Waals surface area contributed by atoms with Gasteiger partial charge in [0.1, 0.15) is 5.82 Å². The molecule has 2 N–H and O–H groups in total. The number of nitrogen functional groups attached to an aromatic ring is 1. The summed E-state index contributed by atoms with van der Waals surface area (Å²) in [5.41, 5.74) is 10.2. The molecule has 2 aromatic carbocycles. The number of hydrogen-bond acceptors (Lipinski definition) is 2. The normalized spacial score (nSPS) is 11.1. The smallest absolute Gasteiger partial charge is 0.109 e. The molecule has 0 aliphatic rings. The van der Waals surface area contributed by atoms with Crippen LogP contribution in [0.25, 0.3) is 11.0 Å². The third-order valence-electron chi connectivity index (χ3n) is 3.49. The molecule has 1 aromatic heterocycles. The van der Waals surface area contributed by atoms with Gasteiger partial charge < -0.3 is 10.3 Å². The second kappa shape index (κ2) is 5.29. The first-order valence-corrected chi connectivity index (χ1v) is 7.46. The minimum absolute atomic E-state index is 0.753. The molecule has 0 bridgehead atoms. The van der Waals surface area contributed by atoms with Gasteiger partial charge in [-0.15, -0.1) is 0 Å². The van der Waals surface area contributed by atoms with Crippen molar-refractivity contribution in [3.63, 3.8) is 0 Å². The van der Waals surface area contributed by atoms with E-state index in [4.69, 9.17) is 5.73 Å². The van der Waals surface area contributed by atoms with E-state index >= 15 is 0 Å². The molecular formula is C16H16BrN3. The number of anilines is 1. The van der Waals surface area contributed by atoms with E-state index in [-0.39, 0.29) is 0 Å².